The standard InChI is InChI=1S/C13H18ClNO2/c1-3-8-17-12-6-4-11(5-7-12)10-15(2)13(16)9-14/h4-7H,3,8-10H2,1-2H3. The molecule has 0 spiro atoms. The first-order valence-electron chi connectivity index (χ1n) is 5.69. The van der Waals surface area contributed by atoms with Gasteiger partial charge in [-0.2, -0.15) is 0 Å². The van der Waals surface area contributed by atoms with Gasteiger partial charge in [-0.15, -0.1) is 11.6 Å². The Kier molecular flexibility index (Phi) is 5.84. The highest BCUT2D eigenvalue weighted by molar-refractivity contribution is 6.27. The molecule has 0 bridgehead atoms. The Hall–Kier alpha value is -1.22. The monoisotopic (exact) mass is 255 g/mol. The molecular formula is C13H18ClNO2. The Bertz CT molecular complexity index is 351. The Balaban J connectivity index is 2.53. The van der Waals surface area contributed by atoms with E-state index in [1.165, 1.54) is 0 Å². The fraction of sp³-hybridized carbons (Fsp3) is 0.462. The highest BCUT2D eigenvalue weighted by Gasteiger charge is 2.07. The maximum Gasteiger partial charge on any atom is 0.237 e. The van der Waals surface area contributed by atoms with Crippen LogP contribution in [0.1, 0.15) is 18.9 Å². The number of carbonyl (C=O) groups is 1. The zero-order valence-electron chi connectivity index (χ0n) is 10.3. The molecule has 1 aromatic carbocycles. The number of hydrogen-bond acceptors (Lipinski definition) is 2. The van der Waals surface area contributed by atoms with Gasteiger partial charge >= 0.3 is 0 Å². The van der Waals surface area contributed by atoms with Crippen molar-refractivity contribution in [1.29, 1.82) is 0 Å². The number of ether oxygens (including phenoxy) is 1. The molecule has 0 unspecified atom stereocenters. The van der Waals surface area contributed by atoms with Crippen LogP contribution in [-0.2, 0) is 11.3 Å². The zero-order chi connectivity index (χ0) is 12.7. The SMILES string of the molecule is CCCOc1ccc(CN(C)C(=O)CCl)cc1. The molecule has 0 N–H and O–H groups in total. The van der Waals surface area contributed by atoms with Gasteiger partial charge < -0.3 is 9.64 Å². The minimum atomic E-state index is -0.0713. The maximum atomic E-state index is 11.3. The van der Waals surface area contributed by atoms with Crippen LogP contribution in [0.5, 0.6) is 5.75 Å². The van der Waals surface area contributed by atoms with E-state index in [9.17, 15) is 4.79 Å². The van der Waals surface area contributed by atoms with E-state index >= 15 is 0 Å². The van der Waals surface area contributed by atoms with Crippen LogP contribution in [0.2, 0.25) is 0 Å². The first-order valence-corrected chi connectivity index (χ1v) is 6.22. The maximum absolute atomic E-state index is 11.3. The lowest BCUT2D eigenvalue weighted by molar-refractivity contribution is -0.127. The van der Waals surface area contributed by atoms with Gasteiger partial charge in [-0.1, -0.05) is 19.1 Å². The fourth-order valence-corrected chi connectivity index (χ4v) is 1.58. The number of benzene rings is 1. The van der Waals surface area contributed by atoms with E-state index in [-0.39, 0.29) is 11.8 Å². The number of halogens is 1. The van der Waals surface area contributed by atoms with Crippen molar-refractivity contribution in [2.75, 3.05) is 19.5 Å². The minimum Gasteiger partial charge on any atom is -0.494 e. The quantitative estimate of drug-likeness (QED) is 0.732. The Morgan fingerprint density at radius 2 is 2.00 bits per heavy atom. The topological polar surface area (TPSA) is 29.5 Å². The largest absolute Gasteiger partial charge is 0.494 e. The lowest BCUT2D eigenvalue weighted by Gasteiger charge is -2.16. The number of amides is 1. The molecule has 0 aliphatic heterocycles. The molecule has 0 aromatic heterocycles. The van der Waals surface area contributed by atoms with Crippen LogP contribution in [0.25, 0.3) is 0 Å². The molecule has 4 heteroatoms. The first-order chi connectivity index (χ1) is 8.17. The average Bonchev–Trinajstić information content (AvgIpc) is 2.37. The van der Waals surface area contributed by atoms with Gasteiger partial charge in [0.15, 0.2) is 0 Å². The third-order valence-corrected chi connectivity index (χ3v) is 2.58. The van der Waals surface area contributed by atoms with Crippen molar-refractivity contribution in [3.63, 3.8) is 0 Å². The molecule has 0 radical (unpaired) electrons. The summed E-state index contributed by atoms with van der Waals surface area (Å²) in [7, 11) is 1.74. The summed E-state index contributed by atoms with van der Waals surface area (Å²) in [4.78, 5) is 12.9. The van der Waals surface area contributed by atoms with Crippen molar-refractivity contribution in [2.45, 2.75) is 19.9 Å². The lowest BCUT2D eigenvalue weighted by atomic mass is 10.2. The normalized spacial score (nSPS) is 10.1. The molecule has 0 aliphatic rings. The van der Waals surface area contributed by atoms with Crippen LogP contribution in [-0.4, -0.2) is 30.3 Å². The van der Waals surface area contributed by atoms with Gasteiger partial charge in [0.25, 0.3) is 0 Å². The van der Waals surface area contributed by atoms with E-state index in [4.69, 9.17) is 16.3 Å². The molecule has 17 heavy (non-hydrogen) atoms. The van der Waals surface area contributed by atoms with E-state index in [2.05, 4.69) is 6.92 Å². The van der Waals surface area contributed by atoms with Crippen LogP contribution < -0.4 is 4.74 Å². The van der Waals surface area contributed by atoms with Gasteiger partial charge in [0.1, 0.15) is 11.6 Å². The van der Waals surface area contributed by atoms with Gasteiger partial charge in [0.05, 0.1) is 6.61 Å². The number of alkyl halides is 1. The molecule has 3 nitrogen and oxygen atoms in total. The smallest absolute Gasteiger partial charge is 0.237 e. The summed E-state index contributed by atoms with van der Waals surface area (Å²) >= 11 is 5.48. The van der Waals surface area contributed by atoms with Gasteiger partial charge in [0.2, 0.25) is 5.91 Å². The second-order valence-corrected chi connectivity index (χ2v) is 4.14. The van der Waals surface area contributed by atoms with Crippen LogP contribution in [0, 0.1) is 0 Å². The van der Waals surface area contributed by atoms with E-state index in [1.54, 1.807) is 11.9 Å². The molecule has 0 atom stereocenters. The van der Waals surface area contributed by atoms with Gasteiger partial charge in [-0.25, -0.2) is 0 Å². The fourth-order valence-electron chi connectivity index (χ4n) is 1.38. The number of rotatable bonds is 6. The molecule has 0 heterocycles. The van der Waals surface area contributed by atoms with Gasteiger partial charge in [-0.3, -0.25) is 4.79 Å². The highest BCUT2D eigenvalue weighted by Crippen LogP contribution is 2.13. The summed E-state index contributed by atoms with van der Waals surface area (Å²) < 4.78 is 5.48. The Morgan fingerprint density at radius 1 is 1.35 bits per heavy atom. The van der Waals surface area contributed by atoms with Crippen LogP contribution >= 0.6 is 11.6 Å². The molecule has 0 aliphatic carbocycles. The molecule has 1 aromatic rings. The van der Waals surface area contributed by atoms with E-state index in [0.29, 0.717) is 6.54 Å². The van der Waals surface area contributed by atoms with Crippen LogP contribution in [0.3, 0.4) is 0 Å². The molecule has 0 fully saturated rings. The van der Waals surface area contributed by atoms with Crippen molar-refractivity contribution in [3.8, 4) is 5.75 Å². The number of nitrogens with zero attached hydrogens (tertiary/aromatic N) is 1. The first kappa shape index (κ1) is 13.8. The van der Waals surface area contributed by atoms with Crippen LogP contribution in [0.4, 0.5) is 0 Å². The van der Waals surface area contributed by atoms with E-state index < -0.39 is 0 Å². The Labute approximate surface area is 107 Å². The minimum absolute atomic E-state index is 0.0220. The predicted molar refractivity (Wildman–Crippen MR) is 69.4 cm³/mol. The molecule has 1 amide bonds. The summed E-state index contributed by atoms with van der Waals surface area (Å²) in [6.45, 7) is 3.37. The summed E-state index contributed by atoms with van der Waals surface area (Å²) in [6, 6.07) is 7.76. The number of hydrogen-bond donors (Lipinski definition) is 0. The highest BCUT2D eigenvalue weighted by atomic mass is 35.5. The molecule has 0 saturated carbocycles. The molecular weight excluding hydrogens is 238 g/mol. The Morgan fingerprint density at radius 3 is 2.53 bits per heavy atom. The third-order valence-electron chi connectivity index (χ3n) is 2.36. The number of carbonyl (C=O) groups excluding carboxylic acids is 1. The van der Waals surface area contributed by atoms with Crippen molar-refractivity contribution in [2.24, 2.45) is 0 Å². The van der Waals surface area contributed by atoms with Gasteiger partial charge in [0, 0.05) is 13.6 Å². The van der Waals surface area contributed by atoms with Crippen LogP contribution in [0.15, 0.2) is 24.3 Å². The second kappa shape index (κ2) is 7.17. The van der Waals surface area contributed by atoms with E-state index in [0.717, 1.165) is 24.3 Å². The summed E-state index contributed by atoms with van der Waals surface area (Å²) in [5.41, 5.74) is 1.06. The van der Waals surface area contributed by atoms with Crippen molar-refractivity contribution >= 4 is 17.5 Å². The molecule has 94 valence electrons. The van der Waals surface area contributed by atoms with Gasteiger partial charge in [-0.05, 0) is 24.1 Å². The van der Waals surface area contributed by atoms with Crippen molar-refractivity contribution in [3.05, 3.63) is 29.8 Å². The molecule has 1 rings (SSSR count). The predicted octanol–water partition coefficient (Wildman–Crippen LogP) is 2.67. The van der Waals surface area contributed by atoms with Crippen molar-refractivity contribution < 1.29 is 9.53 Å². The van der Waals surface area contributed by atoms with Crippen molar-refractivity contribution in [1.82, 2.24) is 4.90 Å². The summed E-state index contributed by atoms with van der Waals surface area (Å²) in [5.74, 6) is 0.814. The average molecular weight is 256 g/mol. The lowest BCUT2D eigenvalue weighted by Crippen LogP contribution is -2.26. The molecule has 0 saturated heterocycles. The summed E-state index contributed by atoms with van der Waals surface area (Å²) in [6.07, 6.45) is 0.995. The third kappa shape index (κ3) is 4.65. The zero-order valence-corrected chi connectivity index (χ0v) is 11.0. The van der Waals surface area contributed by atoms with E-state index in [1.807, 2.05) is 24.3 Å². The summed E-state index contributed by atoms with van der Waals surface area (Å²) in [5, 5.41) is 0. The second-order valence-electron chi connectivity index (χ2n) is 3.88.